The van der Waals surface area contributed by atoms with E-state index in [0.717, 1.165) is 18.9 Å². The van der Waals surface area contributed by atoms with Crippen molar-refractivity contribution < 1.29 is 22.7 Å². The van der Waals surface area contributed by atoms with Crippen LogP contribution in [-0.4, -0.2) is 18.8 Å². The highest BCUT2D eigenvalue weighted by Gasteiger charge is 2.62. The van der Waals surface area contributed by atoms with E-state index in [1.54, 1.807) is 13.8 Å². The van der Waals surface area contributed by atoms with Gasteiger partial charge in [0.05, 0.1) is 12.5 Å². The van der Waals surface area contributed by atoms with Gasteiger partial charge in [0, 0.05) is 0 Å². The SMILES string of the molecule is CCCCOC(=O)C1C(C=C(Cl)C(F)(F)F)C1(C)C. The van der Waals surface area contributed by atoms with Gasteiger partial charge in [-0.3, -0.25) is 4.79 Å². The van der Waals surface area contributed by atoms with E-state index in [9.17, 15) is 18.0 Å². The minimum atomic E-state index is -4.56. The molecular weight excluding hydrogens is 281 g/mol. The Hall–Kier alpha value is -0.710. The highest BCUT2D eigenvalue weighted by Crippen LogP contribution is 2.60. The molecule has 0 aromatic carbocycles. The third kappa shape index (κ3) is 3.88. The van der Waals surface area contributed by atoms with Gasteiger partial charge in [-0.1, -0.05) is 44.9 Å². The van der Waals surface area contributed by atoms with Crippen molar-refractivity contribution in [3.63, 3.8) is 0 Å². The van der Waals surface area contributed by atoms with Gasteiger partial charge in [-0.05, 0) is 17.8 Å². The fraction of sp³-hybridized carbons (Fsp3) is 0.769. The summed E-state index contributed by atoms with van der Waals surface area (Å²) in [5.74, 6) is -1.50. The molecular formula is C13H18ClF3O2. The maximum atomic E-state index is 12.3. The van der Waals surface area contributed by atoms with E-state index < -0.39 is 34.4 Å². The minimum absolute atomic E-state index is 0.311. The van der Waals surface area contributed by atoms with Gasteiger partial charge in [-0.15, -0.1) is 0 Å². The Bertz CT molecular complexity index is 375. The second kappa shape index (κ2) is 5.73. The molecule has 2 unspecified atom stereocenters. The molecule has 2 nitrogen and oxygen atoms in total. The molecule has 0 radical (unpaired) electrons. The van der Waals surface area contributed by atoms with E-state index in [0.29, 0.717) is 6.61 Å². The first-order valence-electron chi connectivity index (χ1n) is 6.23. The summed E-state index contributed by atoms with van der Waals surface area (Å²) < 4.78 is 42.1. The summed E-state index contributed by atoms with van der Waals surface area (Å²) in [7, 11) is 0. The van der Waals surface area contributed by atoms with Gasteiger partial charge in [-0.25, -0.2) is 0 Å². The van der Waals surface area contributed by atoms with Crippen LogP contribution in [0.3, 0.4) is 0 Å². The zero-order valence-electron chi connectivity index (χ0n) is 11.2. The predicted molar refractivity (Wildman–Crippen MR) is 66.6 cm³/mol. The third-order valence-corrected chi connectivity index (χ3v) is 3.84. The van der Waals surface area contributed by atoms with Crippen LogP contribution in [0.25, 0.3) is 0 Å². The molecule has 0 bridgehead atoms. The number of rotatable bonds is 5. The highest BCUT2D eigenvalue weighted by atomic mass is 35.5. The molecule has 19 heavy (non-hydrogen) atoms. The third-order valence-electron chi connectivity index (χ3n) is 3.50. The molecule has 0 aliphatic heterocycles. The van der Waals surface area contributed by atoms with Crippen molar-refractivity contribution >= 4 is 17.6 Å². The molecule has 1 fully saturated rings. The fourth-order valence-corrected chi connectivity index (χ4v) is 2.23. The van der Waals surface area contributed by atoms with Crippen LogP contribution in [-0.2, 0) is 9.53 Å². The van der Waals surface area contributed by atoms with Crippen molar-refractivity contribution in [1.82, 2.24) is 0 Å². The molecule has 0 N–H and O–H groups in total. The second-order valence-corrected chi connectivity index (χ2v) is 5.77. The van der Waals surface area contributed by atoms with E-state index in [2.05, 4.69) is 0 Å². The number of hydrogen-bond acceptors (Lipinski definition) is 2. The van der Waals surface area contributed by atoms with E-state index in [1.807, 2.05) is 6.92 Å². The van der Waals surface area contributed by atoms with Gasteiger partial charge in [-0.2, -0.15) is 13.2 Å². The van der Waals surface area contributed by atoms with Crippen molar-refractivity contribution in [1.29, 1.82) is 0 Å². The normalized spacial score (nSPS) is 26.2. The van der Waals surface area contributed by atoms with Crippen LogP contribution in [0.15, 0.2) is 11.1 Å². The zero-order valence-corrected chi connectivity index (χ0v) is 11.9. The first-order valence-corrected chi connectivity index (χ1v) is 6.61. The Kier molecular flexibility index (Phi) is 4.93. The Morgan fingerprint density at radius 1 is 1.42 bits per heavy atom. The lowest BCUT2D eigenvalue weighted by atomic mass is 10.1. The summed E-state index contributed by atoms with van der Waals surface area (Å²) in [5.41, 5.74) is -0.533. The number of unbranched alkanes of at least 4 members (excludes halogenated alkanes) is 1. The van der Waals surface area contributed by atoms with Crippen molar-refractivity contribution in [2.75, 3.05) is 6.61 Å². The monoisotopic (exact) mass is 298 g/mol. The first kappa shape index (κ1) is 16.3. The molecule has 0 saturated heterocycles. The maximum absolute atomic E-state index is 12.3. The minimum Gasteiger partial charge on any atom is -0.465 e. The van der Waals surface area contributed by atoms with Gasteiger partial charge in [0.2, 0.25) is 0 Å². The summed E-state index contributed by atoms with van der Waals surface area (Å²) in [6, 6.07) is 0. The largest absolute Gasteiger partial charge is 0.465 e. The van der Waals surface area contributed by atoms with Crippen molar-refractivity contribution in [2.24, 2.45) is 17.3 Å². The fourth-order valence-electron chi connectivity index (χ4n) is 2.10. The number of hydrogen-bond donors (Lipinski definition) is 0. The molecule has 1 saturated carbocycles. The van der Waals surface area contributed by atoms with E-state index in [1.165, 1.54) is 0 Å². The molecule has 0 aromatic rings. The van der Waals surface area contributed by atoms with Crippen LogP contribution in [0.1, 0.15) is 33.6 Å². The summed E-state index contributed by atoms with van der Waals surface area (Å²) in [6.07, 6.45) is -1.99. The molecule has 110 valence electrons. The van der Waals surface area contributed by atoms with Crippen LogP contribution in [0.2, 0.25) is 0 Å². The quantitative estimate of drug-likeness (QED) is 0.559. The lowest BCUT2D eigenvalue weighted by molar-refractivity contribution is -0.146. The Balaban J connectivity index is 2.65. The molecule has 0 heterocycles. The highest BCUT2D eigenvalue weighted by molar-refractivity contribution is 6.30. The van der Waals surface area contributed by atoms with Crippen molar-refractivity contribution in [2.45, 2.75) is 39.8 Å². The zero-order chi connectivity index (χ0) is 14.8. The molecule has 1 aliphatic rings. The van der Waals surface area contributed by atoms with Gasteiger partial charge >= 0.3 is 12.1 Å². The van der Waals surface area contributed by atoms with E-state index in [4.69, 9.17) is 16.3 Å². The molecule has 0 aromatic heterocycles. The lowest BCUT2D eigenvalue weighted by Gasteiger charge is -2.04. The average Bonchev–Trinajstić information content (AvgIpc) is 2.79. The number of ether oxygens (including phenoxy) is 1. The number of allylic oxidation sites excluding steroid dienone is 2. The predicted octanol–water partition coefficient (Wildman–Crippen LogP) is 4.29. The molecule has 2 atom stereocenters. The van der Waals surface area contributed by atoms with Crippen LogP contribution in [0, 0.1) is 17.3 Å². The molecule has 0 spiro atoms. The Morgan fingerprint density at radius 2 is 2.00 bits per heavy atom. The van der Waals surface area contributed by atoms with Gasteiger partial charge < -0.3 is 4.74 Å². The number of carbonyl (C=O) groups excluding carboxylic acids is 1. The van der Waals surface area contributed by atoms with Crippen LogP contribution >= 0.6 is 11.6 Å². The van der Waals surface area contributed by atoms with Crippen LogP contribution in [0.5, 0.6) is 0 Å². The molecule has 0 amide bonds. The smallest absolute Gasteiger partial charge is 0.426 e. The maximum Gasteiger partial charge on any atom is 0.426 e. The summed E-state index contributed by atoms with van der Waals surface area (Å²) >= 11 is 5.20. The summed E-state index contributed by atoms with van der Waals surface area (Å²) in [4.78, 5) is 11.8. The van der Waals surface area contributed by atoms with Crippen LogP contribution in [0.4, 0.5) is 13.2 Å². The molecule has 1 rings (SSSR count). The Morgan fingerprint density at radius 3 is 2.47 bits per heavy atom. The first-order chi connectivity index (χ1) is 8.62. The summed E-state index contributed by atoms with van der Waals surface area (Å²) in [5, 5.41) is -1.17. The molecule has 1 aliphatic carbocycles. The van der Waals surface area contributed by atoms with Gasteiger partial charge in [0.15, 0.2) is 0 Å². The van der Waals surface area contributed by atoms with E-state index >= 15 is 0 Å². The average molecular weight is 299 g/mol. The lowest BCUT2D eigenvalue weighted by Crippen LogP contribution is -2.11. The van der Waals surface area contributed by atoms with E-state index in [-0.39, 0.29) is 0 Å². The summed E-state index contributed by atoms with van der Waals surface area (Å²) in [6.45, 7) is 5.75. The standard InChI is InChI=1S/C13H18ClF3O2/c1-4-5-6-19-11(18)10-8(12(10,2)3)7-9(14)13(15,16)17/h7-8,10H,4-6H2,1-3H3. The van der Waals surface area contributed by atoms with Crippen LogP contribution < -0.4 is 0 Å². The van der Waals surface area contributed by atoms with Crippen molar-refractivity contribution in [3.8, 4) is 0 Å². The van der Waals surface area contributed by atoms with Gasteiger partial charge in [0.25, 0.3) is 0 Å². The number of halogens is 4. The topological polar surface area (TPSA) is 26.3 Å². The van der Waals surface area contributed by atoms with Crippen molar-refractivity contribution in [3.05, 3.63) is 11.1 Å². The van der Waals surface area contributed by atoms with Gasteiger partial charge in [0.1, 0.15) is 5.03 Å². The number of alkyl halides is 3. The molecule has 6 heteroatoms. The number of esters is 1. The number of carbonyl (C=O) groups is 1. The second-order valence-electron chi connectivity index (χ2n) is 5.36. The Labute approximate surface area is 115 Å².